The van der Waals surface area contributed by atoms with Crippen LogP contribution < -0.4 is 10.5 Å². The Kier molecular flexibility index (Phi) is 4.01. The summed E-state index contributed by atoms with van der Waals surface area (Å²) in [6, 6.07) is 8.46. The maximum absolute atomic E-state index is 13.5. The molecule has 0 aliphatic carbocycles. The highest BCUT2D eigenvalue weighted by Crippen LogP contribution is 2.22. The zero-order valence-electron chi connectivity index (χ0n) is 10.3. The van der Waals surface area contributed by atoms with Crippen molar-refractivity contribution in [3.8, 4) is 0 Å². The molecule has 7 heteroatoms. The van der Waals surface area contributed by atoms with Gasteiger partial charge in [-0.1, -0.05) is 12.1 Å². The van der Waals surface area contributed by atoms with Crippen LogP contribution in [-0.2, 0) is 16.6 Å². The Morgan fingerprint density at radius 1 is 1.10 bits per heavy atom. The normalized spacial score (nSPS) is 11.3. The highest BCUT2D eigenvalue weighted by molar-refractivity contribution is 7.92. The molecule has 106 valence electrons. The zero-order chi connectivity index (χ0) is 14.8. The van der Waals surface area contributed by atoms with Crippen molar-refractivity contribution in [2.45, 2.75) is 11.4 Å². The molecule has 0 saturated carbocycles. The summed E-state index contributed by atoms with van der Waals surface area (Å²) in [5, 5.41) is 0. The summed E-state index contributed by atoms with van der Waals surface area (Å²) in [6.45, 7) is -0.159. The Hall–Kier alpha value is -1.99. The van der Waals surface area contributed by atoms with Crippen LogP contribution in [0.5, 0.6) is 0 Å². The van der Waals surface area contributed by atoms with Gasteiger partial charge in [0.05, 0.1) is 10.6 Å². The number of nitrogens with two attached hydrogens (primary N) is 1. The predicted octanol–water partition coefficient (Wildman–Crippen LogP) is 2.22. The lowest BCUT2D eigenvalue weighted by Gasteiger charge is -2.12. The van der Waals surface area contributed by atoms with Crippen molar-refractivity contribution in [3.05, 3.63) is 59.7 Å². The molecule has 0 spiro atoms. The van der Waals surface area contributed by atoms with E-state index >= 15 is 0 Å². The first-order valence-electron chi connectivity index (χ1n) is 5.70. The number of hydrogen-bond donors (Lipinski definition) is 2. The first-order valence-corrected chi connectivity index (χ1v) is 7.18. The SMILES string of the molecule is NCc1c(F)cccc1NS(=O)(=O)c1cccc(F)c1. The van der Waals surface area contributed by atoms with Crippen molar-refractivity contribution in [1.29, 1.82) is 0 Å². The van der Waals surface area contributed by atoms with Gasteiger partial charge in [0.1, 0.15) is 11.6 Å². The summed E-state index contributed by atoms with van der Waals surface area (Å²) in [5.41, 5.74) is 5.49. The molecular weight excluding hydrogens is 286 g/mol. The lowest BCUT2D eigenvalue weighted by Crippen LogP contribution is -2.16. The molecule has 0 aliphatic heterocycles. The Balaban J connectivity index is 2.41. The van der Waals surface area contributed by atoms with Crippen LogP contribution in [0.1, 0.15) is 5.56 Å². The largest absolute Gasteiger partial charge is 0.326 e. The molecule has 2 rings (SSSR count). The first kappa shape index (κ1) is 14.4. The maximum atomic E-state index is 13.5. The topological polar surface area (TPSA) is 72.2 Å². The highest BCUT2D eigenvalue weighted by atomic mass is 32.2. The van der Waals surface area contributed by atoms with Crippen LogP contribution in [0.25, 0.3) is 0 Å². The number of sulfonamides is 1. The minimum Gasteiger partial charge on any atom is -0.326 e. The molecule has 2 aromatic rings. The second kappa shape index (κ2) is 5.56. The molecule has 0 heterocycles. The zero-order valence-corrected chi connectivity index (χ0v) is 11.1. The van der Waals surface area contributed by atoms with Crippen LogP contribution >= 0.6 is 0 Å². The van der Waals surface area contributed by atoms with Gasteiger partial charge >= 0.3 is 0 Å². The number of rotatable bonds is 4. The van der Waals surface area contributed by atoms with Crippen LogP contribution in [0.2, 0.25) is 0 Å². The summed E-state index contributed by atoms with van der Waals surface area (Å²) >= 11 is 0. The fourth-order valence-corrected chi connectivity index (χ4v) is 2.82. The minimum absolute atomic E-state index is 0.0387. The van der Waals surface area contributed by atoms with Gasteiger partial charge in [-0.2, -0.15) is 0 Å². The average Bonchev–Trinajstić information content (AvgIpc) is 2.38. The van der Waals surface area contributed by atoms with Crippen molar-refractivity contribution in [3.63, 3.8) is 0 Å². The molecule has 0 radical (unpaired) electrons. The molecule has 0 amide bonds. The van der Waals surface area contributed by atoms with E-state index in [1.807, 2.05) is 0 Å². The molecule has 0 unspecified atom stereocenters. The van der Waals surface area contributed by atoms with E-state index < -0.39 is 21.7 Å². The molecule has 3 N–H and O–H groups in total. The van der Waals surface area contributed by atoms with Gasteiger partial charge in [-0.05, 0) is 30.3 Å². The summed E-state index contributed by atoms with van der Waals surface area (Å²) in [5.74, 6) is -1.28. The van der Waals surface area contributed by atoms with Gasteiger partial charge in [-0.15, -0.1) is 0 Å². The summed E-state index contributed by atoms with van der Waals surface area (Å²) in [6.07, 6.45) is 0. The lowest BCUT2D eigenvalue weighted by molar-refractivity contribution is 0.594. The van der Waals surface area contributed by atoms with E-state index in [4.69, 9.17) is 5.73 Å². The predicted molar refractivity (Wildman–Crippen MR) is 71.5 cm³/mol. The van der Waals surface area contributed by atoms with Crippen LogP contribution in [0.3, 0.4) is 0 Å². The van der Waals surface area contributed by atoms with Gasteiger partial charge < -0.3 is 5.73 Å². The van der Waals surface area contributed by atoms with Gasteiger partial charge in [0.15, 0.2) is 0 Å². The second-order valence-corrected chi connectivity index (χ2v) is 5.72. The van der Waals surface area contributed by atoms with Crippen molar-refractivity contribution in [1.82, 2.24) is 0 Å². The molecular formula is C13H12F2N2O2S. The molecule has 4 nitrogen and oxygen atoms in total. The standard InChI is InChI=1S/C13H12F2N2O2S/c14-9-3-1-4-10(7-9)20(18,19)17-13-6-2-5-12(15)11(13)8-16/h1-7,17H,8,16H2. The third-order valence-corrected chi connectivity index (χ3v) is 4.04. The van der Waals surface area contributed by atoms with Gasteiger partial charge in [-0.3, -0.25) is 4.72 Å². The van der Waals surface area contributed by atoms with Crippen molar-refractivity contribution < 1.29 is 17.2 Å². The van der Waals surface area contributed by atoms with Crippen LogP contribution in [0.15, 0.2) is 47.4 Å². The van der Waals surface area contributed by atoms with Gasteiger partial charge in [0.25, 0.3) is 10.0 Å². The van der Waals surface area contributed by atoms with E-state index in [-0.39, 0.29) is 22.7 Å². The van der Waals surface area contributed by atoms with E-state index in [0.717, 1.165) is 12.1 Å². The molecule has 0 atom stereocenters. The Bertz CT molecular complexity index is 733. The average molecular weight is 298 g/mol. The monoisotopic (exact) mass is 298 g/mol. The first-order chi connectivity index (χ1) is 9.44. The highest BCUT2D eigenvalue weighted by Gasteiger charge is 2.17. The van der Waals surface area contributed by atoms with E-state index in [1.54, 1.807) is 0 Å². The summed E-state index contributed by atoms with van der Waals surface area (Å²) in [7, 11) is -4.00. The Labute approximate surface area is 115 Å². The molecule has 0 saturated heterocycles. The van der Waals surface area contributed by atoms with Gasteiger partial charge in [0.2, 0.25) is 0 Å². The molecule has 20 heavy (non-hydrogen) atoms. The van der Waals surface area contributed by atoms with Crippen LogP contribution in [-0.4, -0.2) is 8.42 Å². The van der Waals surface area contributed by atoms with Crippen molar-refractivity contribution in [2.24, 2.45) is 5.73 Å². The number of halogens is 2. The van der Waals surface area contributed by atoms with Gasteiger partial charge in [-0.25, -0.2) is 17.2 Å². The maximum Gasteiger partial charge on any atom is 0.262 e. The van der Waals surface area contributed by atoms with Crippen LogP contribution in [0.4, 0.5) is 14.5 Å². The van der Waals surface area contributed by atoms with E-state index in [2.05, 4.69) is 4.72 Å². The third kappa shape index (κ3) is 2.94. The number of hydrogen-bond acceptors (Lipinski definition) is 3. The van der Waals surface area contributed by atoms with E-state index in [0.29, 0.717) is 0 Å². The fourth-order valence-electron chi connectivity index (χ4n) is 1.70. The van der Waals surface area contributed by atoms with E-state index in [9.17, 15) is 17.2 Å². The number of anilines is 1. The molecule has 0 aromatic heterocycles. The number of benzene rings is 2. The third-order valence-electron chi connectivity index (χ3n) is 2.67. The Morgan fingerprint density at radius 2 is 1.80 bits per heavy atom. The Morgan fingerprint density at radius 3 is 2.45 bits per heavy atom. The molecule has 0 aliphatic rings. The summed E-state index contributed by atoms with van der Waals surface area (Å²) in [4.78, 5) is -0.246. The minimum atomic E-state index is -4.00. The van der Waals surface area contributed by atoms with Crippen molar-refractivity contribution in [2.75, 3.05) is 4.72 Å². The van der Waals surface area contributed by atoms with Crippen LogP contribution in [0, 0.1) is 11.6 Å². The fraction of sp³-hybridized carbons (Fsp3) is 0.0769. The molecule has 0 bridgehead atoms. The van der Waals surface area contributed by atoms with Gasteiger partial charge in [0, 0.05) is 12.1 Å². The molecule has 2 aromatic carbocycles. The molecule has 0 fully saturated rings. The number of nitrogens with one attached hydrogen (secondary N) is 1. The summed E-state index contributed by atoms with van der Waals surface area (Å²) < 4.78 is 53.0. The quantitative estimate of drug-likeness (QED) is 0.909. The second-order valence-electron chi connectivity index (χ2n) is 4.03. The lowest BCUT2D eigenvalue weighted by atomic mass is 10.2. The van der Waals surface area contributed by atoms with E-state index in [1.165, 1.54) is 30.3 Å². The smallest absolute Gasteiger partial charge is 0.262 e. The van der Waals surface area contributed by atoms with Crippen molar-refractivity contribution >= 4 is 15.7 Å².